The fraction of sp³-hybridized carbons (Fsp3) is 0.878. The van der Waals surface area contributed by atoms with Gasteiger partial charge in [0.15, 0.2) is 12.3 Å². The van der Waals surface area contributed by atoms with E-state index in [0.717, 1.165) is 50.3 Å². The molecule has 378 valence electrons. The topological polar surface area (TPSA) is 258 Å². The first-order valence-electron chi connectivity index (χ1n) is 25.3. The van der Waals surface area contributed by atoms with Crippen LogP contribution in [0.4, 0.5) is 0 Å². The zero-order valence-corrected chi connectivity index (χ0v) is 40.8. The third-order valence-corrected chi connectivity index (χ3v) is 12.7. The predicted octanol–water partition coefficient (Wildman–Crippen LogP) is 7.67. The summed E-state index contributed by atoms with van der Waals surface area (Å²) in [5.41, 5.74) is 11.9. The van der Waals surface area contributed by atoms with Crippen LogP contribution in [-0.4, -0.2) is 111 Å². The van der Waals surface area contributed by atoms with Crippen LogP contribution in [0.15, 0.2) is 0 Å². The molecular weight excluding hydrogens is 837 g/mol. The van der Waals surface area contributed by atoms with Crippen LogP contribution in [0, 0.1) is 5.92 Å². The van der Waals surface area contributed by atoms with Crippen LogP contribution in [0.5, 0.6) is 0 Å². The van der Waals surface area contributed by atoms with Crippen LogP contribution in [0.1, 0.15) is 214 Å². The Balaban J connectivity index is 3.08. The van der Waals surface area contributed by atoms with E-state index in [-0.39, 0.29) is 12.3 Å². The summed E-state index contributed by atoms with van der Waals surface area (Å²) in [6, 6.07) is -4.15. The SMILES string of the molecule is CCCCCCCCCCCCCCC(CCCCCCCCCCCCCC)C(=O)OC[C@H]1OC(N(C(C)=O)[C@@H](C)C(=O)N[C@H](CCC(=O)O)C(N)=O)[C@H](N)[C@@H](O[C@H](C)C(=O)O)[C@@H]1O. The van der Waals surface area contributed by atoms with Gasteiger partial charge < -0.3 is 51.2 Å². The minimum Gasteiger partial charge on any atom is -0.481 e. The number of primary amides is 1. The predicted molar refractivity (Wildman–Crippen MR) is 250 cm³/mol. The average Bonchev–Trinajstić information content (AvgIpc) is 3.26. The van der Waals surface area contributed by atoms with Crippen molar-refractivity contribution in [2.75, 3.05) is 6.61 Å². The largest absolute Gasteiger partial charge is 0.481 e. The van der Waals surface area contributed by atoms with Crippen molar-refractivity contribution in [3.63, 3.8) is 0 Å². The van der Waals surface area contributed by atoms with Gasteiger partial charge in [-0.2, -0.15) is 0 Å². The van der Waals surface area contributed by atoms with Gasteiger partial charge >= 0.3 is 17.9 Å². The van der Waals surface area contributed by atoms with Crippen molar-refractivity contribution < 1.29 is 58.3 Å². The molecule has 16 heteroatoms. The number of amides is 3. The zero-order valence-electron chi connectivity index (χ0n) is 40.8. The van der Waals surface area contributed by atoms with Gasteiger partial charge in [-0.1, -0.05) is 168 Å². The Labute approximate surface area is 390 Å². The van der Waals surface area contributed by atoms with Gasteiger partial charge in [0.1, 0.15) is 37.0 Å². The number of nitrogens with two attached hydrogens (primary N) is 2. The number of ether oxygens (including phenoxy) is 3. The van der Waals surface area contributed by atoms with Crippen molar-refractivity contribution in [3.05, 3.63) is 0 Å². The second kappa shape index (κ2) is 35.8. The van der Waals surface area contributed by atoms with Gasteiger partial charge in [-0.05, 0) is 33.1 Å². The molecule has 1 aliphatic heterocycles. The van der Waals surface area contributed by atoms with E-state index in [4.69, 9.17) is 30.8 Å². The number of nitrogens with one attached hydrogen (secondary N) is 1. The first-order valence-corrected chi connectivity index (χ1v) is 25.3. The van der Waals surface area contributed by atoms with E-state index in [2.05, 4.69) is 19.2 Å². The lowest BCUT2D eigenvalue weighted by atomic mass is 9.93. The number of aliphatic carboxylic acids is 2. The van der Waals surface area contributed by atoms with Gasteiger partial charge in [0.2, 0.25) is 17.7 Å². The number of carbonyl (C=O) groups is 6. The van der Waals surface area contributed by atoms with Crippen LogP contribution in [0.2, 0.25) is 0 Å². The Kier molecular flexibility index (Phi) is 32.9. The molecule has 3 amide bonds. The minimum atomic E-state index is -1.60. The number of rotatable bonds is 40. The number of esters is 1. The van der Waals surface area contributed by atoms with Crippen molar-refractivity contribution >= 4 is 35.6 Å². The highest BCUT2D eigenvalue weighted by Crippen LogP contribution is 2.29. The molecule has 8 atom stereocenters. The maximum atomic E-state index is 13.9. The Morgan fingerprint density at radius 3 is 1.51 bits per heavy atom. The normalized spacial score (nSPS) is 19.9. The quantitative estimate of drug-likeness (QED) is 0.0255. The number of carbonyl (C=O) groups excluding carboxylic acids is 4. The fourth-order valence-electron chi connectivity index (χ4n) is 8.58. The number of hydrogen-bond donors (Lipinski definition) is 6. The summed E-state index contributed by atoms with van der Waals surface area (Å²) in [6.07, 6.45) is 22.0. The number of carboxylic acid groups (broad SMARTS) is 2. The fourth-order valence-corrected chi connectivity index (χ4v) is 8.58. The lowest BCUT2D eigenvalue weighted by Gasteiger charge is -2.48. The first-order chi connectivity index (χ1) is 31.1. The van der Waals surface area contributed by atoms with Crippen molar-refractivity contribution in [2.24, 2.45) is 17.4 Å². The van der Waals surface area contributed by atoms with E-state index in [1.807, 2.05) is 0 Å². The van der Waals surface area contributed by atoms with Crippen molar-refractivity contribution in [1.82, 2.24) is 10.2 Å². The molecule has 0 saturated carbocycles. The molecule has 1 aliphatic rings. The Morgan fingerprint density at radius 2 is 1.12 bits per heavy atom. The summed E-state index contributed by atoms with van der Waals surface area (Å²) >= 11 is 0. The summed E-state index contributed by atoms with van der Waals surface area (Å²) in [4.78, 5) is 76.5. The first kappa shape index (κ1) is 59.7. The lowest BCUT2D eigenvalue weighted by Crippen LogP contribution is -2.70. The minimum absolute atomic E-state index is 0.301. The number of aliphatic hydroxyl groups is 1. The molecule has 0 aliphatic carbocycles. The standard InChI is InChI=1S/C49H90N4O12/c1-6-8-10-12-14-16-18-20-22-24-26-28-30-38(31-29-27-25-23-21-19-17-15-13-11-9-7-2)49(62)63-34-40-43(57)44(64-36(4)48(60)61)42(50)47(65-40)53(37(5)54)35(3)46(59)52-39(45(51)58)32-33-41(55)56/h35-36,38-40,42-44,47,57H,6-34,50H2,1-5H3,(H2,51,58)(H,52,59)(H,55,56)(H,60,61)/t35-,36+,39+,40+,42+,43+,44+,47?/m0/s1. The highest BCUT2D eigenvalue weighted by Gasteiger charge is 2.50. The maximum Gasteiger partial charge on any atom is 0.332 e. The van der Waals surface area contributed by atoms with Crippen LogP contribution in [-0.2, 0) is 43.0 Å². The third-order valence-electron chi connectivity index (χ3n) is 12.7. The molecule has 8 N–H and O–H groups in total. The van der Waals surface area contributed by atoms with E-state index >= 15 is 0 Å². The van der Waals surface area contributed by atoms with Gasteiger partial charge in [0.05, 0.1) is 12.0 Å². The molecule has 0 spiro atoms. The molecule has 0 aromatic heterocycles. The molecule has 0 radical (unpaired) electrons. The van der Waals surface area contributed by atoms with Gasteiger partial charge in [-0.3, -0.25) is 24.0 Å². The molecule has 16 nitrogen and oxygen atoms in total. The Hall–Kier alpha value is -3.34. The molecular formula is C49H90N4O12. The number of carboxylic acids is 2. The van der Waals surface area contributed by atoms with E-state index in [1.165, 1.54) is 129 Å². The van der Waals surface area contributed by atoms with Crippen LogP contribution in [0.3, 0.4) is 0 Å². The van der Waals surface area contributed by atoms with Crippen LogP contribution < -0.4 is 16.8 Å². The van der Waals surface area contributed by atoms with Gasteiger partial charge in [-0.15, -0.1) is 0 Å². The molecule has 0 aromatic rings. The number of nitrogens with zero attached hydrogens (tertiary/aromatic N) is 1. The molecule has 1 saturated heterocycles. The van der Waals surface area contributed by atoms with Gasteiger partial charge in [0, 0.05) is 13.3 Å². The average molecular weight is 927 g/mol. The van der Waals surface area contributed by atoms with Gasteiger partial charge in [-0.25, -0.2) is 4.79 Å². The molecule has 65 heavy (non-hydrogen) atoms. The second-order valence-electron chi connectivity index (χ2n) is 18.4. The summed E-state index contributed by atoms with van der Waals surface area (Å²) < 4.78 is 17.8. The van der Waals surface area contributed by atoms with E-state index in [1.54, 1.807) is 0 Å². The summed E-state index contributed by atoms with van der Waals surface area (Å²) in [5, 5.41) is 32.6. The summed E-state index contributed by atoms with van der Waals surface area (Å²) in [6.45, 7) is 7.71. The monoisotopic (exact) mass is 927 g/mol. The molecule has 1 heterocycles. The van der Waals surface area contributed by atoms with Crippen molar-refractivity contribution in [2.45, 2.75) is 263 Å². The van der Waals surface area contributed by atoms with Crippen molar-refractivity contribution in [3.8, 4) is 0 Å². The number of unbranched alkanes of at least 4 members (excludes halogenated alkanes) is 22. The maximum absolute atomic E-state index is 13.9. The molecule has 1 unspecified atom stereocenters. The summed E-state index contributed by atoms with van der Waals surface area (Å²) in [5.74, 6) is -5.95. The molecule has 1 rings (SSSR count). The van der Waals surface area contributed by atoms with E-state index in [9.17, 15) is 39.0 Å². The highest BCUT2D eigenvalue weighted by atomic mass is 16.6. The third kappa shape index (κ3) is 25.4. The molecule has 0 bridgehead atoms. The smallest absolute Gasteiger partial charge is 0.332 e. The van der Waals surface area contributed by atoms with E-state index in [0.29, 0.717) is 12.8 Å². The van der Waals surface area contributed by atoms with E-state index < -0.39 is 97.4 Å². The van der Waals surface area contributed by atoms with Crippen LogP contribution >= 0.6 is 0 Å². The summed E-state index contributed by atoms with van der Waals surface area (Å²) in [7, 11) is 0. The lowest BCUT2D eigenvalue weighted by molar-refractivity contribution is -0.247. The molecule has 0 aromatic carbocycles. The zero-order chi connectivity index (χ0) is 48.6. The molecule has 1 fully saturated rings. The highest BCUT2D eigenvalue weighted by molar-refractivity contribution is 5.91. The Morgan fingerprint density at radius 1 is 0.692 bits per heavy atom. The van der Waals surface area contributed by atoms with Crippen LogP contribution in [0.25, 0.3) is 0 Å². The second-order valence-corrected chi connectivity index (χ2v) is 18.4. The Bertz CT molecular complexity index is 1330. The van der Waals surface area contributed by atoms with Gasteiger partial charge in [0.25, 0.3) is 0 Å². The van der Waals surface area contributed by atoms with Crippen molar-refractivity contribution in [1.29, 1.82) is 0 Å². The number of hydrogen-bond acceptors (Lipinski definition) is 11. The number of aliphatic hydroxyl groups excluding tert-OH is 1.